The molecule has 18 heavy (non-hydrogen) atoms. The van der Waals surface area contributed by atoms with Gasteiger partial charge < -0.3 is 14.4 Å². The van der Waals surface area contributed by atoms with Crippen LogP contribution in [0.1, 0.15) is 28.8 Å². The molecule has 1 aromatic rings. The quantitative estimate of drug-likeness (QED) is 0.781. The standard InChI is InChI=1S/C13H17NO3S/c1-10-8-18-9-11(10)12(15)14-4-2-13(3-5-14)16-6-7-17-13/h8-9H,2-7H2,1H3. The van der Waals surface area contributed by atoms with Gasteiger partial charge in [0, 0.05) is 31.3 Å². The third-order valence-electron chi connectivity index (χ3n) is 3.71. The lowest BCUT2D eigenvalue weighted by molar-refractivity contribution is -0.181. The minimum atomic E-state index is -0.402. The van der Waals surface area contributed by atoms with Gasteiger partial charge in [-0.3, -0.25) is 4.79 Å². The van der Waals surface area contributed by atoms with Crippen LogP contribution >= 0.6 is 11.3 Å². The molecule has 1 spiro atoms. The molecule has 2 aliphatic rings. The van der Waals surface area contributed by atoms with Gasteiger partial charge in [-0.2, -0.15) is 11.3 Å². The summed E-state index contributed by atoms with van der Waals surface area (Å²) in [6.45, 7) is 4.77. The number of rotatable bonds is 1. The Labute approximate surface area is 110 Å². The predicted molar refractivity (Wildman–Crippen MR) is 68.8 cm³/mol. The molecule has 0 saturated carbocycles. The first-order chi connectivity index (χ1) is 8.70. The molecule has 2 fully saturated rings. The van der Waals surface area contributed by atoms with Crippen LogP contribution in [0.5, 0.6) is 0 Å². The lowest BCUT2D eigenvalue weighted by atomic mass is 10.0. The molecule has 1 aromatic heterocycles. The molecule has 2 aliphatic heterocycles. The number of hydrogen-bond donors (Lipinski definition) is 0. The highest BCUT2D eigenvalue weighted by Gasteiger charge is 2.40. The summed E-state index contributed by atoms with van der Waals surface area (Å²) in [5.41, 5.74) is 1.91. The predicted octanol–water partition coefficient (Wildman–Crippen LogP) is 2.04. The number of carbonyl (C=O) groups is 1. The van der Waals surface area contributed by atoms with Crippen LogP contribution in [0, 0.1) is 6.92 Å². The van der Waals surface area contributed by atoms with Crippen molar-refractivity contribution in [3.8, 4) is 0 Å². The van der Waals surface area contributed by atoms with Crippen molar-refractivity contribution in [1.29, 1.82) is 0 Å². The Morgan fingerprint density at radius 2 is 1.94 bits per heavy atom. The van der Waals surface area contributed by atoms with Crippen LogP contribution in [0.2, 0.25) is 0 Å². The van der Waals surface area contributed by atoms with Crippen molar-refractivity contribution in [1.82, 2.24) is 4.90 Å². The molecule has 1 amide bonds. The van der Waals surface area contributed by atoms with E-state index in [1.165, 1.54) is 0 Å². The number of nitrogens with zero attached hydrogens (tertiary/aromatic N) is 1. The normalized spacial score (nSPS) is 22.6. The second kappa shape index (κ2) is 4.64. The minimum absolute atomic E-state index is 0.140. The minimum Gasteiger partial charge on any atom is -0.347 e. The first kappa shape index (κ1) is 12.1. The monoisotopic (exact) mass is 267 g/mol. The Hall–Kier alpha value is -0.910. The second-order valence-electron chi connectivity index (χ2n) is 4.87. The largest absolute Gasteiger partial charge is 0.347 e. The molecule has 0 N–H and O–H groups in total. The van der Waals surface area contributed by atoms with Crippen LogP contribution in [-0.2, 0) is 9.47 Å². The fraction of sp³-hybridized carbons (Fsp3) is 0.615. The lowest BCUT2D eigenvalue weighted by Gasteiger charge is -2.37. The number of piperidine rings is 1. The van der Waals surface area contributed by atoms with E-state index < -0.39 is 5.79 Å². The van der Waals surface area contributed by atoms with Crippen LogP contribution in [0.4, 0.5) is 0 Å². The van der Waals surface area contributed by atoms with E-state index in [0.717, 1.165) is 24.0 Å². The molecular weight excluding hydrogens is 250 g/mol. The van der Waals surface area contributed by atoms with Crippen LogP contribution in [0.15, 0.2) is 10.8 Å². The van der Waals surface area contributed by atoms with Crippen molar-refractivity contribution in [3.05, 3.63) is 21.9 Å². The van der Waals surface area contributed by atoms with Crippen molar-refractivity contribution in [3.63, 3.8) is 0 Å². The fourth-order valence-corrected chi connectivity index (χ4v) is 3.41. The number of aryl methyl sites for hydroxylation is 1. The highest BCUT2D eigenvalue weighted by molar-refractivity contribution is 7.08. The van der Waals surface area contributed by atoms with Gasteiger partial charge in [0.2, 0.25) is 0 Å². The van der Waals surface area contributed by atoms with E-state index in [0.29, 0.717) is 26.3 Å². The third-order valence-corrected chi connectivity index (χ3v) is 4.57. The molecule has 0 aliphatic carbocycles. The molecule has 0 atom stereocenters. The van der Waals surface area contributed by atoms with E-state index in [9.17, 15) is 4.79 Å². The van der Waals surface area contributed by atoms with Crippen LogP contribution in [0.25, 0.3) is 0 Å². The summed E-state index contributed by atoms with van der Waals surface area (Å²) in [4.78, 5) is 14.2. The maximum absolute atomic E-state index is 12.3. The average Bonchev–Trinajstić information content (AvgIpc) is 2.99. The summed E-state index contributed by atoms with van der Waals surface area (Å²) < 4.78 is 11.3. The Morgan fingerprint density at radius 3 is 2.50 bits per heavy atom. The first-order valence-corrected chi connectivity index (χ1v) is 7.24. The first-order valence-electron chi connectivity index (χ1n) is 6.30. The van der Waals surface area contributed by atoms with Crippen molar-refractivity contribution in [2.45, 2.75) is 25.6 Å². The zero-order valence-corrected chi connectivity index (χ0v) is 11.3. The van der Waals surface area contributed by atoms with Gasteiger partial charge in [0.15, 0.2) is 5.79 Å². The maximum atomic E-state index is 12.3. The van der Waals surface area contributed by atoms with Crippen molar-refractivity contribution in [2.75, 3.05) is 26.3 Å². The third kappa shape index (κ3) is 2.06. The summed E-state index contributed by atoms with van der Waals surface area (Å²) >= 11 is 1.58. The Bertz CT molecular complexity index is 441. The Morgan fingerprint density at radius 1 is 1.28 bits per heavy atom. The topological polar surface area (TPSA) is 38.8 Å². The average molecular weight is 267 g/mol. The van der Waals surface area contributed by atoms with Gasteiger partial charge in [0.25, 0.3) is 5.91 Å². The molecule has 0 radical (unpaired) electrons. The molecule has 3 heterocycles. The van der Waals surface area contributed by atoms with E-state index >= 15 is 0 Å². The summed E-state index contributed by atoms with van der Waals surface area (Å²) in [5, 5.41) is 3.95. The molecule has 98 valence electrons. The van der Waals surface area contributed by atoms with Crippen molar-refractivity contribution in [2.24, 2.45) is 0 Å². The number of thiophene rings is 1. The number of carbonyl (C=O) groups excluding carboxylic acids is 1. The highest BCUT2D eigenvalue weighted by atomic mass is 32.1. The summed E-state index contributed by atoms with van der Waals surface area (Å²) in [6, 6.07) is 0. The fourth-order valence-electron chi connectivity index (χ4n) is 2.59. The number of hydrogen-bond acceptors (Lipinski definition) is 4. The Balaban J connectivity index is 1.66. The number of ether oxygens (including phenoxy) is 2. The number of amides is 1. The van der Waals surface area contributed by atoms with Gasteiger partial charge in [0.05, 0.1) is 18.8 Å². The van der Waals surface area contributed by atoms with Crippen molar-refractivity contribution >= 4 is 17.2 Å². The van der Waals surface area contributed by atoms with Gasteiger partial charge in [-0.05, 0) is 17.9 Å². The molecule has 3 rings (SSSR count). The molecular formula is C13H17NO3S. The second-order valence-corrected chi connectivity index (χ2v) is 5.61. The van der Waals surface area contributed by atoms with Gasteiger partial charge in [-0.15, -0.1) is 0 Å². The van der Waals surface area contributed by atoms with E-state index in [4.69, 9.17) is 9.47 Å². The van der Waals surface area contributed by atoms with Crippen molar-refractivity contribution < 1.29 is 14.3 Å². The summed E-state index contributed by atoms with van der Waals surface area (Å²) in [7, 11) is 0. The molecule has 0 aromatic carbocycles. The van der Waals surface area contributed by atoms with E-state index in [1.54, 1.807) is 11.3 Å². The van der Waals surface area contributed by atoms with Gasteiger partial charge in [0.1, 0.15) is 0 Å². The van der Waals surface area contributed by atoms with Gasteiger partial charge in [-0.25, -0.2) is 0 Å². The summed E-state index contributed by atoms with van der Waals surface area (Å²) in [6.07, 6.45) is 1.56. The molecule has 2 saturated heterocycles. The lowest BCUT2D eigenvalue weighted by Crippen LogP contribution is -2.47. The van der Waals surface area contributed by atoms with Gasteiger partial charge in [-0.1, -0.05) is 0 Å². The molecule has 0 unspecified atom stereocenters. The van der Waals surface area contributed by atoms with Gasteiger partial charge >= 0.3 is 0 Å². The number of likely N-dealkylation sites (tertiary alicyclic amines) is 1. The molecule has 4 nitrogen and oxygen atoms in total. The van der Waals surface area contributed by atoms with E-state index in [-0.39, 0.29) is 5.91 Å². The smallest absolute Gasteiger partial charge is 0.254 e. The van der Waals surface area contributed by atoms with E-state index in [1.807, 2.05) is 22.6 Å². The highest BCUT2D eigenvalue weighted by Crippen LogP contribution is 2.32. The van der Waals surface area contributed by atoms with E-state index in [2.05, 4.69) is 0 Å². The van der Waals surface area contributed by atoms with Crippen LogP contribution in [0.3, 0.4) is 0 Å². The summed E-state index contributed by atoms with van der Waals surface area (Å²) in [5.74, 6) is -0.262. The molecule has 5 heteroatoms. The Kier molecular flexibility index (Phi) is 3.13. The van der Waals surface area contributed by atoms with Crippen LogP contribution < -0.4 is 0 Å². The zero-order chi connectivity index (χ0) is 12.6. The van der Waals surface area contributed by atoms with Crippen LogP contribution in [-0.4, -0.2) is 42.9 Å². The molecule has 0 bridgehead atoms. The zero-order valence-electron chi connectivity index (χ0n) is 10.5. The maximum Gasteiger partial charge on any atom is 0.254 e. The SMILES string of the molecule is Cc1cscc1C(=O)N1CCC2(CC1)OCCO2.